The van der Waals surface area contributed by atoms with E-state index in [-0.39, 0.29) is 11.7 Å². The highest BCUT2D eigenvalue weighted by Crippen LogP contribution is 2.35. The van der Waals surface area contributed by atoms with Crippen LogP contribution in [0.5, 0.6) is 0 Å². The molecule has 0 bridgehead atoms. The summed E-state index contributed by atoms with van der Waals surface area (Å²) < 4.78 is 14.0. The topological polar surface area (TPSA) is 48.3 Å². The number of hydrogen-bond donors (Lipinski definition) is 1. The van der Waals surface area contributed by atoms with Gasteiger partial charge in [0.1, 0.15) is 0 Å². The van der Waals surface area contributed by atoms with E-state index < -0.39 is 0 Å². The second-order valence-electron chi connectivity index (χ2n) is 5.99. The maximum absolute atomic E-state index is 6.05. The minimum Gasteiger partial charge on any atom is -0.372 e. The summed E-state index contributed by atoms with van der Waals surface area (Å²) in [6, 6.07) is 2.14. The minimum atomic E-state index is 0.0803. The van der Waals surface area contributed by atoms with E-state index in [9.17, 15) is 0 Å². The molecule has 0 aromatic carbocycles. The van der Waals surface area contributed by atoms with Crippen LogP contribution in [-0.2, 0) is 29.5 Å². The molecule has 3 rings (SSSR count). The number of piperidine rings is 1. The van der Waals surface area contributed by atoms with Crippen LogP contribution in [0.25, 0.3) is 0 Å². The maximum Gasteiger partial charge on any atom is 0.0889 e. The highest BCUT2D eigenvalue weighted by molar-refractivity contribution is 5.09. The molecular formula is C15H25N3O2. The first-order chi connectivity index (χ1) is 9.71. The van der Waals surface area contributed by atoms with Crippen molar-refractivity contribution in [3.8, 4) is 0 Å². The fourth-order valence-corrected chi connectivity index (χ4v) is 3.22. The van der Waals surface area contributed by atoms with Gasteiger partial charge in [0.25, 0.3) is 0 Å². The Hall–Kier alpha value is -0.910. The SMILES string of the molecule is CCc1cc(COC2COC3(CCNCC3)C2)n(C)n1. The molecule has 1 unspecified atom stereocenters. The minimum absolute atomic E-state index is 0.0803. The van der Waals surface area contributed by atoms with Crippen molar-refractivity contribution in [3.63, 3.8) is 0 Å². The monoisotopic (exact) mass is 279 g/mol. The summed E-state index contributed by atoms with van der Waals surface area (Å²) in [6.07, 6.45) is 4.45. The third kappa shape index (κ3) is 2.90. The van der Waals surface area contributed by atoms with Gasteiger partial charge >= 0.3 is 0 Å². The van der Waals surface area contributed by atoms with Crippen molar-refractivity contribution in [2.75, 3.05) is 19.7 Å². The van der Waals surface area contributed by atoms with Crippen molar-refractivity contribution in [2.24, 2.45) is 7.05 Å². The normalized spacial score (nSPS) is 25.4. The van der Waals surface area contributed by atoms with Crippen LogP contribution >= 0.6 is 0 Å². The Morgan fingerprint density at radius 3 is 3.00 bits per heavy atom. The number of ether oxygens (including phenoxy) is 2. The predicted molar refractivity (Wildman–Crippen MR) is 76.6 cm³/mol. The summed E-state index contributed by atoms with van der Waals surface area (Å²) in [4.78, 5) is 0. The molecule has 1 N–H and O–H groups in total. The van der Waals surface area contributed by atoms with Crippen molar-refractivity contribution in [3.05, 3.63) is 17.5 Å². The molecular weight excluding hydrogens is 254 g/mol. The van der Waals surface area contributed by atoms with Crippen LogP contribution in [0.4, 0.5) is 0 Å². The van der Waals surface area contributed by atoms with Crippen LogP contribution in [-0.4, -0.2) is 41.2 Å². The smallest absolute Gasteiger partial charge is 0.0889 e. The van der Waals surface area contributed by atoms with Gasteiger partial charge in [-0.15, -0.1) is 0 Å². The average Bonchev–Trinajstić information content (AvgIpc) is 3.02. The molecule has 3 heterocycles. The van der Waals surface area contributed by atoms with Gasteiger partial charge in [-0.3, -0.25) is 4.68 Å². The average molecular weight is 279 g/mol. The highest BCUT2D eigenvalue weighted by Gasteiger charge is 2.41. The van der Waals surface area contributed by atoms with E-state index in [2.05, 4.69) is 23.4 Å². The second kappa shape index (κ2) is 5.84. The molecule has 0 amide bonds. The van der Waals surface area contributed by atoms with Crippen LogP contribution in [0.3, 0.4) is 0 Å². The van der Waals surface area contributed by atoms with Gasteiger partial charge in [0.05, 0.1) is 36.3 Å². The lowest BCUT2D eigenvalue weighted by Crippen LogP contribution is -2.41. The zero-order chi connectivity index (χ0) is 14.0. The molecule has 2 aliphatic heterocycles. The molecule has 2 fully saturated rings. The Morgan fingerprint density at radius 2 is 2.30 bits per heavy atom. The molecule has 1 aromatic heterocycles. The van der Waals surface area contributed by atoms with Gasteiger partial charge in [-0.1, -0.05) is 6.92 Å². The van der Waals surface area contributed by atoms with E-state index >= 15 is 0 Å². The molecule has 0 aliphatic carbocycles. The van der Waals surface area contributed by atoms with Gasteiger partial charge in [0.15, 0.2) is 0 Å². The van der Waals surface area contributed by atoms with E-state index in [1.165, 1.54) is 0 Å². The molecule has 1 aromatic rings. The summed E-state index contributed by atoms with van der Waals surface area (Å²) >= 11 is 0. The molecule has 112 valence electrons. The summed E-state index contributed by atoms with van der Waals surface area (Å²) in [7, 11) is 1.98. The first-order valence-electron chi connectivity index (χ1n) is 7.69. The fraction of sp³-hybridized carbons (Fsp3) is 0.800. The summed E-state index contributed by atoms with van der Waals surface area (Å²) in [5, 5.41) is 7.85. The fourth-order valence-electron chi connectivity index (χ4n) is 3.22. The van der Waals surface area contributed by atoms with Crippen LogP contribution in [0.15, 0.2) is 6.07 Å². The molecule has 0 radical (unpaired) electrons. The first-order valence-corrected chi connectivity index (χ1v) is 7.69. The number of rotatable bonds is 4. The van der Waals surface area contributed by atoms with Crippen molar-refractivity contribution in [1.29, 1.82) is 0 Å². The van der Waals surface area contributed by atoms with Crippen LogP contribution in [0, 0.1) is 0 Å². The molecule has 20 heavy (non-hydrogen) atoms. The number of hydrogen-bond acceptors (Lipinski definition) is 4. The third-order valence-corrected chi connectivity index (χ3v) is 4.55. The predicted octanol–water partition coefficient (Wildman–Crippen LogP) is 1.41. The van der Waals surface area contributed by atoms with Crippen molar-refractivity contribution >= 4 is 0 Å². The maximum atomic E-state index is 6.05. The van der Waals surface area contributed by atoms with Gasteiger partial charge in [0.2, 0.25) is 0 Å². The first kappa shape index (κ1) is 14.0. The molecule has 5 heteroatoms. The van der Waals surface area contributed by atoms with E-state index in [0.717, 1.165) is 56.8 Å². The molecule has 2 aliphatic rings. The van der Waals surface area contributed by atoms with Crippen molar-refractivity contribution in [2.45, 2.75) is 50.9 Å². The third-order valence-electron chi connectivity index (χ3n) is 4.55. The zero-order valence-corrected chi connectivity index (χ0v) is 12.5. The van der Waals surface area contributed by atoms with Gasteiger partial charge in [0, 0.05) is 13.5 Å². The van der Waals surface area contributed by atoms with E-state index in [1.807, 2.05) is 11.7 Å². The number of aryl methyl sites for hydroxylation is 2. The Kier molecular flexibility index (Phi) is 4.10. The second-order valence-corrected chi connectivity index (χ2v) is 5.99. The molecule has 5 nitrogen and oxygen atoms in total. The molecule has 1 atom stereocenters. The van der Waals surface area contributed by atoms with Gasteiger partial charge in [-0.05, 0) is 38.4 Å². The van der Waals surface area contributed by atoms with Crippen molar-refractivity contribution < 1.29 is 9.47 Å². The highest BCUT2D eigenvalue weighted by atomic mass is 16.6. The molecule has 2 saturated heterocycles. The number of aromatic nitrogens is 2. The molecule has 1 spiro atoms. The number of nitrogens with one attached hydrogen (secondary N) is 1. The molecule has 0 saturated carbocycles. The zero-order valence-electron chi connectivity index (χ0n) is 12.5. The Balaban J connectivity index is 1.53. The Labute approximate surface area is 120 Å². The lowest BCUT2D eigenvalue weighted by atomic mass is 9.89. The quantitative estimate of drug-likeness (QED) is 0.905. The van der Waals surface area contributed by atoms with Crippen LogP contribution < -0.4 is 5.32 Å². The van der Waals surface area contributed by atoms with E-state index in [4.69, 9.17) is 9.47 Å². The Morgan fingerprint density at radius 1 is 1.50 bits per heavy atom. The lowest BCUT2D eigenvalue weighted by molar-refractivity contribution is -0.0243. The van der Waals surface area contributed by atoms with E-state index in [1.54, 1.807) is 0 Å². The summed E-state index contributed by atoms with van der Waals surface area (Å²) in [5.74, 6) is 0. The van der Waals surface area contributed by atoms with Crippen LogP contribution in [0.2, 0.25) is 0 Å². The van der Waals surface area contributed by atoms with E-state index in [0.29, 0.717) is 6.61 Å². The standard InChI is InChI=1S/C15H25N3O2/c1-3-12-8-13(18(2)17-12)10-19-14-9-15(20-11-14)4-6-16-7-5-15/h8,14,16H,3-7,9-11H2,1-2H3. The van der Waals surface area contributed by atoms with Gasteiger partial charge in [-0.2, -0.15) is 5.10 Å². The summed E-state index contributed by atoms with van der Waals surface area (Å²) in [6.45, 7) is 5.62. The largest absolute Gasteiger partial charge is 0.372 e. The van der Waals surface area contributed by atoms with Gasteiger partial charge < -0.3 is 14.8 Å². The Bertz CT molecular complexity index is 452. The number of nitrogens with zero attached hydrogens (tertiary/aromatic N) is 2. The lowest BCUT2D eigenvalue weighted by Gasteiger charge is -2.32. The van der Waals surface area contributed by atoms with Crippen LogP contribution in [0.1, 0.15) is 37.6 Å². The van der Waals surface area contributed by atoms with Crippen molar-refractivity contribution in [1.82, 2.24) is 15.1 Å². The summed E-state index contributed by atoms with van der Waals surface area (Å²) in [5.41, 5.74) is 2.36. The van der Waals surface area contributed by atoms with Gasteiger partial charge in [-0.25, -0.2) is 0 Å².